The molecule has 1 aromatic heterocycles. The second kappa shape index (κ2) is 6.68. The van der Waals surface area contributed by atoms with E-state index in [9.17, 15) is 14.7 Å². The van der Waals surface area contributed by atoms with Gasteiger partial charge in [-0.1, -0.05) is 23.2 Å². The Bertz CT molecular complexity index is 710. The van der Waals surface area contributed by atoms with Gasteiger partial charge in [0.15, 0.2) is 0 Å². The van der Waals surface area contributed by atoms with Crippen molar-refractivity contribution in [2.75, 3.05) is 19.7 Å². The molecule has 8 nitrogen and oxygen atoms in total. The average Bonchev–Trinajstić information content (AvgIpc) is 3.05. The van der Waals surface area contributed by atoms with Crippen LogP contribution in [0.2, 0.25) is 10.0 Å². The molecule has 2 saturated heterocycles. The molecule has 2 amide bonds. The third-order valence-electron chi connectivity index (χ3n) is 4.45. The van der Waals surface area contributed by atoms with Crippen LogP contribution >= 0.6 is 23.2 Å². The number of hydrogen-bond donors (Lipinski definition) is 3. The normalized spacial score (nSPS) is 29.2. The van der Waals surface area contributed by atoms with Crippen LogP contribution < -0.4 is 5.32 Å². The molecule has 0 aromatic carbocycles. The van der Waals surface area contributed by atoms with Crippen LogP contribution in [0.3, 0.4) is 0 Å². The predicted molar refractivity (Wildman–Crippen MR) is 90.2 cm³/mol. The predicted octanol–water partition coefficient (Wildman–Crippen LogP) is 2.24. The molecule has 0 saturated carbocycles. The van der Waals surface area contributed by atoms with E-state index < -0.39 is 23.8 Å². The van der Waals surface area contributed by atoms with Crippen molar-refractivity contribution in [2.45, 2.75) is 38.2 Å². The number of hydrogen-bond acceptors (Lipinski definition) is 4. The van der Waals surface area contributed by atoms with Crippen LogP contribution in [-0.4, -0.2) is 64.6 Å². The minimum absolute atomic E-state index is 0.0237. The Morgan fingerprint density at radius 1 is 1.40 bits per heavy atom. The number of rotatable bonds is 2. The van der Waals surface area contributed by atoms with Gasteiger partial charge in [0.1, 0.15) is 5.69 Å². The highest BCUT2D eigenvalue weighted by atomic mass is 35.5. The zero-order valence-corrected chi connectivity index (χ0v) is 15.3. The van der Waals surface area contributed by atoms with Crippen LogP contribution in [0.4, 0.5) is 4.79 Å². The number of aromatic nitrogens is 1. The fraction of sp³-hybridized carbons (Fsp3) is 0.600. The fourth-order valence-electron chi connectivity index (χ4n) is 3.20. The monoisotopic (exact) mass is 391 g/mol. The van der Waals surface area contributed by atoms with Gasteiger partial charge in [-0.2, -0.15) is 0 Å². The van der Waals surface area contributed by atoms with Crippen LogP contribution in [0.5, 0.6) is 0 Å². The summed E-state index contributed by atoms with van der Waals surface area (Å²) < 4.78 is 11.6. The first-order valence-corrected chi connectivity index (χ1v) is 8.63. The topological polar surface area (TPSA) is 104 Å². The Labute approximate surface area is 154 Å². The summed E-state index contributed by atoms with van der Waals surface area (Å²) in [6, 6.07) is -0.515. The summed E-state index contributed by atoms with van der Waals surface area (Å²) in [6.45, 7) is 4.16. The van der Waals surface area contributed by atoms with Crippen molar-refractivity contribution in [2.24, 2.45) is 0 Å². The Morgan fingerprint density at radius 3 is 2.64 bits per heavy atom. The lowest BCUT2D eigenvalue weighted by Crippen LogP contribution is -2.64. The van der Waals surface area contributed by atoms with Crippen molar-refractivity contribution >= 4 is 35.2 Å². The highest BCUT2D eigenvalue weighted by molar-refractivity contribution is 6.44. The summed E-state index contributed by atoms with van der Waals surface area (Å²) in [4.78, 5) is 28.0. The second-order valence-electron chi connectivity index (χ2n) is 6.32. The van der Waals surface area contributed by atoms with E-state index in [1.54, 1.807) is 6.92 Å². The SMILES string of the molecule is Cc1[nH]c(C(=O)NC2CCN(C(=O)O)CC23OCC(C)O3)c(Cl)c1Cl. The minimum atomic E-state index is -1.20. The van der Waals surface area contributed by atoms with E-state index in [1.807, 2.05) is 6.92 Å². The summed E-state index contributed by atoms with van der Waals surface area (Å²) in [5.74, 6) is -1.65. The van der Waals surface area contributed by atoms with E-state index in [2.05, 4.69) is 10.3 Å². The molecule has 25 heavy (non-hydrogen) atoms. The lowest BCUT2D eigenvalue weighted by Gasteiger charge is -2.43. The third kappa shape index (κ3) is 3.31. The van der Waals surface area contributed by atoms with E-state index in [0.29, 0.717) is 23.7 Å². The van der Waals surface area contributed by atoms with Gasteiger partial charge >= 0.3 is 6.09 Å². The van der Waals surface area contributed by atoms with Crippen LogP contribution in [0.15, 0.2) is 0 Å². The molecule has 0 bridgehead atoms. The number of halogens is 2. The number of carbonyl (C=O) groups excluding carboxylic acids is 1. The van der Waals surface area contributed by atoms with Crippen molar-refractivity contribution < 1.29 is 24.2 Å². The first kappa shape index (κ1) is 18.3. The summed E-state index contributed by atoms with van der Waals surface area (Å²) >= 11 is 12.1. The lowest BCUT2D eigenvalue weighted by atomic mass is 9.97. The number of aryl methyl sites for hydroxylation is 1. The number of amides is 2. The molecule has 3 N–H and O–H groups in total. The maximum Gasteiger partial charge on any atom is 0.407 e. The molecule has 2 aliphatic rings. The molecule has 3 unspecified atom stereocenters. The van der Waals surface area contributed by atoms with Crippen molar-refractivity contribution in [3.63, 3.8) is 0 Å². The number of nitrogens with one attached hydrogen (secondary N) is 2. The molecule has 3 rings (SSSR count). The number of carboxylic acid groups (broad SMARTS) is 1. The molecule has 0 aliphatic carbocycles. The molecule has 2 fully saturated rings. The molecular weight excluding hydrogens is 373 g/mol. The van der Waals surface area contributed by atoms with E-state index in [4.69, 9.17) is 32.7 Å². The summed E-state index contributed by atoms with van der Waals surface area (Å²) in [6.07, 6.45) is -0.889. The van der Waals surface area contributed by atoms with Gasteiger partial charge in [0, 0.05) is 12.2 Å². The largest absolute Gasteiger partial charge is 0.465 e. The number of aromatic amines is 1. The van der Waals surface area contributed by atoms with Gasteiger partial charge in [0.05, 0.1) is 35.3 Å². The van der Waals surface area contributed by atoms with Crippen LogP contribution in [0.25, 0.3) is 0 Å². The molecule has 138 valence electrons. The molecule has 10 heteroatoms. The van der Waals surface area contributed by atoms with Gasteiger partial charge < -0.3 is 29.8 Å². The third-order valence-corrected chi connectivity index (χ3v) is 5.40. The summed E-state index contributed by atoms with van der Waals surface area (Å²) in [5.41, 5.74) is 0.750. The van der Waals surface area contributed by atoms with Gasteiger partial charge in [-0.05, 0) is 20.3 Å². The number of nitrogens with zero attached hydrogens (tertiary/aromatic N) is 1. The Balaban J connectivity index is 1.81. The van der Waals surface area contributed by atoms with E-state index >= 15 is 0 Å². The number of likely N-dealkylation sites (tertiary alicyclic amines) is 1. The molecule has 1 aromatic rings. The molecule has 2 aliphatic heterocycles. The highest BCUT2D eigenvalue weighted by Crippen LogP contribution is 2.34. The summed E-state index contributed by atoms with van der Waals surface area (Å²) in [5, 5.41) is 12.5. The number of ether oxygens (including phenoxy) is 2. The van der Waals surface area contributed by atoms with Crippen molar-refractivity contribution in [3.8, 4) is 0 Å². The average molecular weight is 392 g/mol. The smallest absolute Gasteiger partial charge is 0.407 e. The molecular formula is C15H19Cl2N3O5. The zero-order chi connectivity index (χ0) is 18.4. The van der Waals surface area contributed by atoms with Gasteiger partial charge in [-0.15, -0.1) is 0 Å². The van der Waals surface area contributed by atoms with Crippen LogP contribution in [-0.2, 0) is 9.47 Å². The number of piperidine rings is 1. The standard InChI is InChI=1S/C15H19Cl2N3O5/c1-7-5-24-15(25-7)6-20(14(22)23)4-3-9(15)19-13(21)12-11(17)10(16)8(2)18-12/h7,9,18H,3-6H2,1-2H3,(H,19,21)(H,22,23). The first-order chi connectivity index (χ1) is 11.7. The fourth-order valence-corrected chi connectivity index (χ4v) is 3.61. The first-order valence-electron chi connectivity index (χ1n) is 7.87. The molecule has 3 heterocycles. The molecule has 0 radical (unpaired) electrons. The van der Waals surface area contributed by atoms with Gasteiger partial charge in [-0.25, -0.2) is 4.79 Å². The van der Waals surface area contributed by atoms with Gasteiger partial charge in [0.25, 0.3) is 5.91 Å². The zero-order valence-electron chi connectivity index (χ0n) is 13.8. The molecule has 1 spiro atoms. The maximum absolute atomic E-state index is 12.6. The van der Waals surface area contributed by atoms with E-state index in [1.165, 1.54) is 4.90 Å². The van der Waals surface area contributed by atoms with Gasteiger partial charge in [-0.3, -0.25) is 4.79 Å². The van der Waals surface area contributed by atoms with Crippen LogP contribution in [0.1, 0.15) is 29.5 Å². The Kier molecular flexibility index (Phi) is 4.89. The van der Waals surface area contributed by atoms with Crippen molar-refractivity contribution in [1.29, 1.82) is 0 Å². The summed E-state index contributed by atoms with van der Waals surface area (Å²) in [7, 11) is 0. The second-order valence-corrected chi connectivity index (χ2v) is 7.08. The number of carbonyl (C=O) groups is 2. The quantitative estimate of drug-likeness (QED) is 0.716. The highest BCUT2D eigenvalue weighted by Gasteiger charge is 2.52. The van der Waals surface area contributed by atoms with E-state index in [0.717, 1.165) is 0 Å². The molecule has 3 atom stereocenters. The number of H-pyrrole nitrogens is 1. The van der Waals surface area contributed by atoms with Gasteiger partial charge in [0.2, 0.25) is 5.79 Å². The van der Waals surface area contributed by atoms with E-state index in [-0.39, 0.29) is 29.9 Å². The Morgan fingerprint density at radius 2 is 2.12 bits per heavy atom. The van der Waals surface area contributed by atoms with Crippen molar-refractivity contribution in [1.82, 2.24) is 15.2 Å². The van der Waals surface area contributed by atoms with Crippen LogP contribution in [0, 0.1) is 6.92 Å². The van der Waals surface area contributed by atoms with Crippen molar-refractivity contribution in [3.05, 3.63) is 21.4 Å². The Hall–Kier alpha value is -1.48. The minimum Gasteiger partial charge on any atom is -0.465 e. The lowest BCUT2D eigenvalue weighted by molar-refractivity contribution is -0.207. The maximum atomic E-state index is 12.6.